The first-order valence-corrected chi connectivity index (χ1v) is 11.6. The Labute approximate surface area is 189 Å². The molecule has 1 fully saturated rings. The summed E-state index contributed by atoms with van der Waals surface area (Å²) in [5.41, 5.74) is 0.253. The molecule has 0 spiro atoms. The summed E-state index contributed by atoms with van der Waals surface area (Å²) in [6.07, 6.45) is 0.176. The Morgan fingerprint density at radius 3 is 2.48 bits per heavy atom. The van der Waals surface area contributed by atoms with E-state index in [0.717, 1.165) is 0 Å². The van der Waals surface area contributed by atoms with Gasteiger partial charge in [-0.25, -0.2) is 8.42 Å². The Hall–Kier alpha value is -2.24. The van der Waals surface area contributed by atoms with Crippen molar-refractivity contribution in [3.63, 3.8) is 0 Å². The van der Waals surface area contributed by atoms with Gasteiger partial charge in [-0.2, -0.15) is 4.31 Å². The minimum absolute atomic E-state index is 0.0218. The molecule has 0 saturated carbocycles. The molecule has 0 aliphatic carbocycles. The molecule has 0 bridgehead atoms. The molecule has 31 heavy (non-hydrogen) atoms. The monoisotopic (exact) mass is 486 g/mol. The number of non-ortho nitro benzene ring substituents is 1. The number of halogens is 2. The van der Waals surface area contributed by atoms with Crippen LogP contribution < -0.4 is 5.32 Å². The van der Waals surface area contributed by atoms with Crippen LogP contribution in [0.15, 0.2) is 47.4 Å². The fraction of sp³-hybridized carbons (Fsp3) is 0.316. The number of carbonyl (C=O) groups excluding carboxylic acids is 1. The predicted molar refractivity (Wildman–Crippen MR) is 118 cm³/mol. The highest BCUT2D eigenvalue weighted by molar-refractivity contribution is 7.89. The van der Waals surface area contributed by atoms with Crippen LogP contribution in [0.5, 0.6) is 0 Å². The van der Waals surface area contributed by atoms with Gasteiger partial charge in [0.25, 0.3) is 5.69 Å². The molecule has 3 rings (SSSR count). The van der Waals surface area contributed by atoms with E-state index in [4.69, 9.17) is 23.2 Å². The Morgan fingerprint density at radius 2 is 1.81 bits per heavy atom. The normalized spacial score (nSPS) is 15.5. The zero-order chi connectivity index (χ0) is 22.6. The second-order valence-electron chi connectivity index (χ2n) is 6.93. The maximum Gasteiger partial charge on any atom is 0.271 e. The number of hydrogen-bond acceptors (Lipinski definition) is 6. The third-order valence-corrected chi connectivity index (χ3v) is 7.45. The lowest BCUT2D eigenvalue weighted by molar-refractivity contribution is -0.384. The highest BCUT2D eigenvalue weighted by Gasteiger charge is 2.30. The molecule has 1 heterocycles. The summed E-state index contributed by atoms with van der Waals surface area (Å²) in [6.45, 7) is 1.88. The van der Waals surface area contributed by atoms with Gasteiger partial charge < -0.3 is 10.2 Å². The Bertz CT molecular complexity index is 1090. The van der Waals surface area contributed by atoms with Gasteiger partial charge in [-0.3, -0.25) is 14.9 Å². The largest absolute Gasteiger partial charge is 0.326 e. The van der Waals surface area contributed by atoms with E-state index < -0.39 is 14.9 Å². The number of nitrogens with one attached hydrogen (secondary N) is 1. The first-order chi connectivity index (χ1) is 14.7. The van der Waals surface area contributed by atoms with E-state index in [-0.39, 0.29) is 46.0 Å². The number of amides is 1. The standard InChI is InChI=1S/C19H20Cl2N4O5S/c20-14-4-5-17(21)18(12-14)31(29,30)24-10-8-23(9-11-24)7-6-19(26)22-15-2-1-3-16(13-15)25(27)28/h1-5,12-13H,6-11H2,(H,22,26). The second kappa shape index (κ2) is 9.92. The molecule has 1 amide bonds. The van der Waals surface area contributed by atoms with E-state index >= 15 is 0 Å². The van der Waals surface area contributed by atoms with E-state index in [2.05, 4.69) is 5.32 Å². The fourth-order valence-electron chi connectivity index (χ4n) is 3.19. The van der Waals surface area contributed by atoms with Crippen LogP contribution in [0, 0.1) is 10.1 Å². The van der Waals surface area contributed by atoms with Gasteiger partial charge in [0.15, 0.2) is 0 Å². The van der Waals surface area contributed by atoms with E-state index in [1.807, 2.05) is 4.90 Å². The van der Waals surface area contributed by atoms with E-state index in [9.17, 15) is 23.3 Å². The van der Waals surface area contributed by atoms with Crippen LogP contribution in [0.2, 0.25) is 10.0 Å². The molecule has 1 saturated heterocycles. The first-order valence-electron chi connectivity index (χ1n) is 9.38. The maximum absolute atomic E-state index is 12.9. The molecule has 166 valence electrons. The summed E-state index contributed by atoms with van der Waals surface area (Å²) in [7, 11) is -3.77. The molecule has 1 aliphatic heterocycles. The van der Waals surface area contributed by atoms with Crippen LogP contribution in [0.4, 0.5) is 11.4 Å². The number of benzene rings is 2. The van der Waals surface area contributed by atoms with Crippen LogP contribution in [0.25, 0.3) is 0 Å². The van der Waals surface area contributed by atoms with Crippen molar-refractivity contribution in [3.05, 3.63) is 62.6 Å². The molecule has 1 N–H and O–H groups in total. The predicted octanol–water partition coefficient (Wildman–Crippen LogP) is 3.24. The van der Waals surface area contributed by atoms with Gasteiger partial charge in [0.2, 0.25) is 15.9 Å². The van der Waals surface area contributed by atoms with Gasteiger partial charge in [0.05, 0.1) is 9.95 Å². The molecule has 1 aliphatic rings. The fourth-order valence-corrected chi connectivity index (χ4v) is 5.35. The first kappa shape index (κ1) is 23.4. The summed E-state index contributed by atoms with van der Waals surface area (Å²) in [4.78, 5) is 24.4. The lowest BCUT2D eigenvalue weighted by Crippen LogP contribution is -2.49. The highest BCUT2D eigenvalue weighted by atomic mass is 35.5. The van der Waals surface area contributed by atoms with Gasteiger partial charge in [-0.1, -0.05) is 29.3 Å². The molecule has 0 unspecified atom stereocenters. The number of nitro benzene ring substituents is 1. The molecular formula is C19H20Cl2N4O5S. The smallest absolute Gasteiger partial charge is 0.271 e. The zero-order valence-electron chi connectivity index (χ0n) is 16.3. The van der Waals surface area contributed by atoms with Crippen molar-refractivity contribution in [1.29, 1.82) is 0 Å². The summed E-state index contributed by atoms with van der Waals surface area (Å²) in [5.74, 6) is -0.277. The number of rotatable bonds is 7. The van der Waals surface area contributed by atoms with E-state index in [1.54, 1.807) is 6.07 Å². The van der Waals surface area contributed by atoms with Crippen molar-refractivity contribution in [2.24, 2.45) is 0 Å². The topological polar surface area (TPSA) is 113 Å². The SMILES string of the molecule is O=C(CCN1CCN(S(=O)(=O)c2cc(Cl)ccc2Cl)CC1)Nc1cccc([N+](=O)[O-])c1. The summed E-state index contributed by atoms with van der Waals surface area (Å²) in [6, 6.07) is 10.0. The van der Waals surface area contributed by atoms with Gasteiger partial charge >= 0.3 is 0 Å². The van der Waals surface area contributed by atoms with Crippen molar-refractivity contribution in [3.8, 4) is 0 Å². The van der Waals surface area contributed by atoms with Gasteiger partial charge in [0, 0.05) is 62.0 Å². The third kappa shape index (κ3) is 5.92. The van der Waals surface area contributed by atoms with E-state index in [1.165, 1.54) is 40.7 Å². The molecule has 0 radical (unpaired) electrons. The zero-order valence-corrected chi connectivity index (χ0v) is 18.7. The molecule has 0 atom stereocenters. The lowest BCUT2D eigenvalue weighted by Gasteiger charge is -2.34. The minimum Gasteiger partial charge on any atom is -0.326 e. The number of piperazine rings is 1. The summed E-state index contributed by atoms with van der Waals surface area (Å²) < 4.78 is 27.1. The van der Waals surface area contributed by atoms with Gasteiger partial charge in [-0.15, -0.1) is 0 Å². The van der Waals surface area contributed by atoms with Gasteiger partial charge in [0.1, 0.15) is 4.90 Å². The van der Waals surface area contributed by atoms with Crippen molar-refractivity contribution >= 4 is 50.5 Å². The highest BCUT2D eigenvalue weighted by Crippen LogP contribution is 2.28. The number of nitrogens with zero attached hydrogens (tertiary/aromatic N) is 3. The number of anilines is 1. The molecule has 12 heteroatoms. The number of nitro groups is 1. The Kier molecular flexibility index (Phi) is 7.50. The van der Waals surface area contributed by atoms with Crippen LogP contribution in [0.3, 0.4) is 0 Å². The van der Waals surface area contributed by atoms with Crippen LogP contribution in [0.1, 0.15) is 6.42 Å². The second-order valence-corrected chi connectivity index (χ2v) is 9.68. The molecule has 9 nitrogen and oxygen atoms in total. The molecular weight excluding hydrogens is 467 g/mol. The quantitative estimate of drug-likeness (QED) is 0.474. The molecule has 2 aromatic rings. The van der Waals surface area contributed by atoms with Crippen molar-refractivity contribution < 1.29 is 18.1 Å². The average Bonchev–Trinajstić information content (AvgIpc) is 2.74. The molecule has 0 aromatic heterocycles. The average molecular weight is 487 g/mol. The van der Waals surface area contributed by atoms with Crippen LogP contribution in [-0.4, -0.2) is 61.2 Å². The Balaban J connectivity index is 1.51. The third-order valence-electron chi connectivity index (χ3n) is 4.84. The molecule has 2 aromatic carbocycles. The Morgan fingerprint density at radius 1 is 1.10 bits per heavy atom. The summed E-state index contributed by atoms with van der Waals surface area (Å²) in [5, 5.41) is 13.9. The van der Waals surface area contributed by atoms with Crippen LogP contribution >= 0.6 is 23.2 Å². The van der Waals surface area contributed by atoms with Crippen molar-refractivity contribution in [1.82, 2.24) is 9.21 Å². The van der Waals surface area contributed by atoms with Crippen molar-refractivity contribution in [2.45, 2.75) is 11.3 Å². The van der Waals surface area contributed by atoms with Gasteiger partial charge in [-0.05, 0) is 24.3 Å². The lowest BCUT2D eigenvalue weighted by atomic mass is 10.2. The summed E-state index contributed by atoms with van der Waals surface area (Å²) >= 11 is 12.0. The number of hydrogen-bond donors (Lipinski definition) is 1. The minimum atomic E-state index is -3.77. The number of carbonyl (C=O) groups is 1. The van der Waals surface area contributed by atoms with E-state index in [0.29, 0.717) is 25.3 Å². The number of sulfonamides is 1. The van der Waals surface area contributed by atoms with Crippen LogP contribution in [-0.2, 0) is 14.8 Å². The maximum atomic E-state index is 12.9. The van der Waals surface area contributed by atoms with Crippen molar-refractivity contribution in [2.75, 3.05) is 38.0 Å².